The maximum absolute atomic E-state index is 15.3. The van der Waals surface area contributed by atoms with E-state index < -0.39 is 25.7 Å². The molecule has 3 heterocycles. The Hall–Kier alpha value is -5.30. The van der Waals surface area contributed by atoms with E-state index in [1.165, 1.54) is 7.11 Å². The van der Waals surface area contributed by atoms with Crippen LogP contribution in [0.5, 0.6) is 5.75 Å². The number of amides is 3. The summed E-state index contributed by atoms with van der Waals surface area (Å²) < 4.78 is 17.6. The number of esters is 1. The van der Waals surface area contributed by atoms with Crippen molar-refractivity contribution in [2.24, 2.45) is 5.92 Å². The maximum Gasteiger partial charge on any atom is 0.305 e. The van der Waals surface area contributed by atoms with E-state index in [0.29, 0.717) is 54.9 Å². The number of hydrogen-bond donors (Lipinski definition) is 2. The van der Waals surface area contributed by atoms with Gasteiger partial charge in [-0.05, 0) is 78.4 Å². The van der Waals surface area contributed by atoms with E-state index in [9.17, 15) is 19.5 Å². The average molecular weight is 804 g/mol. The van der Waals surface area contributed by atoms with Crippen molar-refractivity contribution in [2.75, 3.05) is 37.6 Å². The number of methoxy groups -OCH3 is 2. The molecular formula is C46H53N3O8Si. The van der Waals surface area contributed by atoms with Crippen molar-refractivity contribution in [3.05, 3.63) is 119 Å². The van der Waals surface area contributed by atoms with Gasteiger partial charge in [-0.15, -0.1) is 0 Å². The summed E-state index contributed by atoms with van der Waals surface area (Å²) in [4.78, 5) is 58.8. The number of benzene rings is 4. The third kappa shape index (κ3) is 7.56. The van der Waals surface area contributed by atoms with Crippen LogP contribution in [0.1, 0.15) is 59.7 Å². The molecule has 0 saturated carbocycles. The largest absolute Gasteiger partial charge is 0.497 e. The van der Waals surface area contributed by atoms with Gasteiger partial charge in [-0.2, -0.15) is 0 Å². The number of unbranched alkanes of at least 4 members (excludes halogenated alkanes) is 1. The minimum Gasteiger partial charge on any atom is -0.497 e. The Bertz CT molecular complexity index is 2160. The van der Waals surface area contributed by atoms with Gasteiger partial charge >= 0.3 is 5.97 Å². The highest BCUT2D eigenvalue weighted by atomic mass is 28.3. The number of nitrogens with one attached hydrogen (secondary N) is 1. The number of carbonyl (C=O) groups excluding carboxylic acids is 4. The summed E-state index contributed by atoms with van der Waals surface area (Å²) in [6, 6.07) is 30.1. The lowest BCUT2D eigenvalue weighted by Crippen LogP contribution is -2.52. The molecule has 12 heteroatoms. The van der Waals surface area contributed by atoms with Gasteiger partial charge < -0.3 is 34.4 Å². The molecule has 0 unspecified atom stereocenters. The fraction of sp³-hybridized carbons (Fsp3) is 0.391. The Labute approximate surface area is 341 Å². The fourth-order valence-electron chi connectivity index (χ4n) is 9.58. The smallest absolute Gasteiger partial charge is 0.305 e. The molecule has 0 radical (unpaired) electrons. The number of aliphatic hydroxyl groups excluding tert-OH is 1. The molecule has 3 amide bonds. The van der Waals surface area contributed by atoms with Gasteiger partial charge in [0.25, 0.3) is 11.8 Å². The van der Waals surface area contributed by atoms with Crippen LogP contribution in [0, 0.1) is 5.92 Å². The van der Waals surface area contributed by atoms with Crippen LogP contribution in [0.4, 0.5) is 11.4 Å². The topological polar surface area (TPSA) is 135 Å². The molecule has 0 bridgehead atoms. The molecule has 304 valence electrons. The first-order valence-electron chi connectivity index (χ1n) is 20.1. The molecule has 1 saturated heterocycles. The molecule has 3 aliphatic rings. The summed E-state index contributed by atoms with van der Waals surface area (Å²) in [5.41, 5.74) is 2.82. The second-order valence-electron chi connectivity index (χ2n) is 16.2. The summed E-state index contributed by atoms with van der Waals surface area (Å²) in [6.07, 6.45) is 1.23. The molecule has 11 nitrogen and oxygen atoms in total. The number of nitrogens with zero attached hydrogens (tertiary/aromatic N) is 2. The maximum atomic E-state index is 15.3. The minimum absolute atomic E-state index is 0.0220. The minimum atomic E-state index is -2.60. The number of fused-ring (bicyclic) bond motifs is 3. The highest BCUT2D eigenvalue weighted by Crippen LogP contribution is 2.60. The summed E-state index contributed by atoms with van der Waals surface area (Å²) in [7, 11) is 0.399. The van der Waals surface area contributed by atoms with Crippen molar-refractivity contribution < 1.29 is 38.5 Å². The van der Waals surface area contributed by atoms with Crippen LogP contribution in [-0.4, -0.2) is 81.3 Å². The third-order valence-corrected chi connectivity index (χ3v) is 17.0. The van der Waals surface area contributed by atoms with Crippen molar-refractivity contribution in [3.63, 3.8) is 0 Å². The van der Waals surface area contributed by atoms with Crippen molar-refractivity contribution in [1.82, 2.24) is 4.90 Å². The highest BCUT2D eigenvalue weighted by molar-refractivity contribution is 6.91. The molecule has 1 fully saturated rings. The summed E-state index contributed by atoms with van der Waals surface area (Å²) in [5.74, 6) is -0.606. The number of aliphatic hydroxyl groups is 1. The highest BCUT2D eigenvalue weighted by Gasteiger charge is 2.66. The van der Waals surface area contributed by atoms with Gasteiger partial charge in [0.15, 0.2) is 5.60 Å². The molecule has 3 aliphatic heterocycles. The second-order valence-corrected chi connectivity index (χ2v) is 20.9. The van der Waals surface area contributed by atoms with Crippen molar-refractivity contribution in [3.8, 4) is 5.75 Å². The van der Waals surface area contributed by atoms with Crippen LogP contribution in [0.15, 0.2) is 97.1 Å². The monoisotopic (exact) mass is 803 g/mol. The summed E-state index contributed by atoms with van der Waals surface area (Å²) in [6.45, 7) is 7.16. The molecule has 2 N–H and O–H groups in total. The number of carbonyl (C=O) groups is 4. The molecule has 0 aliphatic carbocycles. The van der Waals surface area contributed by atoms with Gasteiger partial charge in [0.2, 0.25) is 5.91 Å². The molecule has 5 atom stereocenters. The lowest BCUT2D eigenvalue weighted by atomic mass is 9.82. The zero-order valence-corrected chi connectivity index (χ0v) is 34.9. The number of anilines is 2. The Morgan fingerprint density at radius 3 is 2.33 bits per heavy atom. The van der Waals surface area contributed by atoms with Crippen molar-refractivity contribution in [2.45, 2.75) is 82.0 Å². The quantitative estimate of drug-likeness (QED) is 0.0930. The number of rotatable bonds is 13. The Morgan fingerprint density at radius 1 is 0.931 bits per heavy atom. The van der Waals surface area contributed by atoms with Crippen LogP contribution >= 0.6 is 0 Å². The normalized spacial score (nSPS) is 22.4. The van der Waals surface area contributed by atoms with Gasteiger partial charge in [-0.1, -0.05) is 79.8 Å². The van der Waals surface area contributed by atoms with E-state index in [1.54, 1.807) is 47.2 Å². The van der Waals surface area contributed by atoms with Gasteiger partial charge in [0.1, 0.15) is 5.75 Å². The van der Waals surface area contributed by atoms with Crippen molar-refractivity contribution in [1.29, 1.82) is 0 Å². The van der Waals surface area contributed by atoms with Crippen LogP contribution in [0.3, 0.4) is 0 Å². The standard InChI is InChI=1S/C46H53N3O8Si/c1-30-43(58(4,5)37-21-19-36(55-2)20-22-37)40(27-41(51)49-28-33-16-10-9-15-32(33)25-35(49)29-50)57-46(30)38-26-34(47-44(53)31-13-7-6-8-14-31)18-23-39(38)48(45(46)54)24-12-11-17-42(52)56-3/h6-10,13-16,18-23,26,30,35,40,43,50H,11-12,17,24-25,27-29H2,1-5H3,(H,47,53)/t30-,35-,40+,43-,46+/m0/s1. The molecule has 58 heavy (non-hydrogen) atoms. The summed E-state index contributed by atoms with van der Waals surface area (Å²) >= 11 is 0. The number of hydrogen-bond acceptors (Lipinski definition) is 8. The average Bonchev–Trinajstić information content (AvgIpc) is 3.67. The Morgan fingerprint density at radius 2 is 1.64 bits per heavy atom. The van der Waals surface area contributed by atoms with Gasteiger partial charge in [-0.3, -0.25) is 19.2 Å². The lowest BCUT2D eigenvalue weighted by Gasteiger charge is -2.39. The predicted octanol–water partition coefficient (Wildman–Crippen LogP) is 6.19. The van der Waals surface area contributed by atoms with Gasteiger partial charge in [-0.25, -0.2) is 0 Å². The summed E-state index contributed by atoms with van der Waals surface area (Å²) in [5, 5.41) is 14.7. The first-order chi connectivity index (χ1) is 27.9. The Kier molecular flexibility index (Phi) is 11.9. The first kappa shape index (κ1) is 40.9. The van der Waals surface area contributed by atoms with E-state index >= 15 is 4.79 Å². The number of ether oxygens (including phenoxy) is 3. The molecule has 7 rings (SSSR count). The van der Waals surface area contributed by atoms with E-state index in [-0.39, 0.29) is 54.7 Å². The molecule has 0 aromatic heterocycles. The van der Waals surface area contributed by atoms with Crippen LogP contribution in [-0.2, 0) is 42.4 Å². The molecule has 4 aromatic rings. The zero-order valence-electron chi connectivity index (χ0n) is 33.9. The molecular weight excluding hydrogens is 751 g/mol. The first-order valence-corrected chi connectivity index (χ1v) is 23.2. The molecule has 4 aromatic carbocycles. The Balaban J connectivity index is 1.29. The SMILES string of the molecule is COC(=O)CCCCN1C(=O)[C@]2(O[C@H](CC(=O)N3Cc4ccccc4C[C@H]3CO)[C@@H]([Si](C)(C)c3ccc(OC)cc3)[C@@H]2C)c2cc(NC(=O)c3ccccc3)ccc21. The van der Waals surface area contributed by atoms with E-state index in [4.69, 9.17) is 14.2 Å². The lowest BCUT2D eigenvalue weighted by molar-refractivity contribution is -0.151. The van der Waals surface area contributed by atoms with Crippen LogP contribution < -0.4 is 20.1 Å². The van der Waals surface area contributed by atoms with Gasteiger partial charge in [0.05, 0.1) is 53.2 Å². The second kappa shape index (κ2) is 16.9. The van der Waals surface area contributed by atoms with Gasteiger partial charge in [0, 0.05) is 42.2 Å². The van der Waals surface area contributed by atoms with Crippen LogP contribution in [0.2, 0.25) is 18.6 Å². The van der Waals surface area contributed by atoms with E-state index in [0.717, 1.165) is 22.1 Å². The van der Waals surface area contributed by atoms with Crippen LogP contribution in [0.25, 0.3) is 0 Å². The fourth-order valence-corrected chi connectivity index (χ4v) is 13.6. The van der Waals surface area contributed by atoms with E-state index in [1.807, 2.05) is 54.6 Å². The third-order valence-electron chi connectivity index (χ3n) is 12.6. The predicted molar refractivity (Wildman–Crippen MR) is 225 cm³/mol. The van der Waals surface area contributed by atoms with E-state index in [2.05, 4.69) is 37.5 Å². The van der Waals surface area contributed by atoms with Crippen molar-refractivity contribution >= 4 is 48.3 Å². The molecule has 1 spiro atoms. The zero-order chi connectivity index (χ0) is 41.2.